The summed E-state index contributed by atoms with van der Waals surface area (Å²) >= 11 is 0. The topological polar surface area (TPSA) is 80.2 Å². The van der Waals surface area contributed by atoms with Gasteiger partial charge in [0, 0.05) is 22.8 Å². The normalized spacial score (nSPS) is 22.0. The maximum atomic E-state index is 12.4. The molecule has 1 N–H and O–H groups in total. The second-order valence-electron chi connectivity index (χ2n) is 7.97. The Labute approximate surface area is 163 Å². The summed E-state index contributed by atoms with van der Waals surface area (Å²) in [5.41, 5.74) is 0.698. The van der Waals surface area contributed by atoms with Gasteiger partial charge in [-0.05, 0) is 58.5 Å². The lowest BCUT2D eigenvalue weighted by Crippen LogP contribution is -2.40. The largest absolute Gasteiger partial charge is 0.492 e. The predicted molar refractivity (Wildman–Crippen MR) is 104 cm³/mol. The summed E-state index contributed by atoms with van der Waals surface area (Å²) in [6.07, 6.45) is 5.39. The number of allylic oxidation sites excluding steroid dienone is 3. The van der Waals surface area contributed by atoms with Gasteiger partial charge in [-0.2, -0.15) is 0 Å². The van der Waals surface area contributed by atoms with E-state index in [2.05, 4.69) is 17.0 Å². The molecule has 28 heavy (non-hydrogen) atoms. The van der Waals surface area contributed by atoms with Crippen LogP contribution >= 0.6 is 0 Å². The molecule has 3 aliphatic rings. The molecular weight excluding hydrogens is 358 g/mol. The summed E-state index contributed by atoms with van der Waals surface area (Å²) in [5.74, 6) is 1.53. The molecular formula is C21H23N3O4. The van der Waals surface area contributed by atoms with E-state index in [4.69, 9.17) is 9.47 Å². The number of fused-ring (bicyclic) bond motifs is 2. The molecule has 1 saturated heterocycles. The van der Waals surface area contributed by atoms with Crippen molar-refractivity contribution in [3.8, 4) is 11.5 Å². The third-order valence-electron chi connectivity index (χ3n) is 5.43. The highest BCUT2D eigenvalue weighted by molar-refractivity contribution is 6.08. The molecule has 1 aromatic carbocycles. The molecule has 2 heterocycles. The number of carbonyl (C=O) groups excluding carboxylic acids is 2. The van der Waals surface area contributed by atoms with Gasteiger partial charge >= 0.3 is 6.03 Å². The van der Waals surface area contributed by atoms with E-state index in [9.17, 15) is 9.59 Å². The van der Waals surface area contributed by atoms with Gasteiger partial charge in [-0.1, -0.05) is 6.07 Å². The monoisotopic (exact) mass is 381 g/mol. The summed E-state index contributed by atoms with van der Waals surface area (Å²) < 4.78 is 11.8. The van der Waals surface area contributed by atoms with Gasteiger partial charge in [-0.3, -0.25) is 4.79 Å². The molecule has 4 rings (SSSR count). The summed E-state index contributed by atoms with van der Waals surface area (Å²) in [4.78, 5) is 29.6. The van der Waals surface area contributed by atoms with Crippen LogP contribution in [0.25, 0.3) is 0 Å². The Morgan fingerprint density at radius 1 is 1.32 bits per heavy atom. The number of carbonyl (C=O) groups is 2. The molecule has 1 aromatic rings. The molecule has 3 amide bonds. The number of urea groups is 1. The number of imide groups is 1. The fourth-order valence-electron chi connectivity index (χ4n) is 3.64. The van der Waals surface area contributed by atoms with E-state index >= 15 is 0 Å². The second kappa shape index (κ2) is 6.22. The Morgan fingerprint density at radius 3 is 2.68 bits per heavy atom. The van der Waals surface area contributed by atoms with Crippen molar-refractivity contribution in [1.82, 2.24) is 10.2 Å². The van der Waals surface area contributed by atoms with Crippen molar-refractivity contribution < 1.29 is 19.1 Å². The molecule has 2 aliphatic heterocycles. The highest BCUT2D eigenvalue weighted by atomic mass is 16.5. The molecule has 1 saturated carbocycles. The Hall–Kier alpha value is -3.09. The first-order valence-electron chi connectivity index (χ1n) is 9.24. The lowest BCUT2D eigenvalue weighted by Gasteiger charge is -2.16. The van der Waals surface area contributed by atoms with E-state index < -0.39 is 11.6 Å². The molecule has 146 valence electrons. The van der Waals surface area contributed by atoms with Crippen LogP contribution < -0.4 is 14.8 Å². The van der Waals surface area contributed by atoms with E-state index in [0.717, 1.165) is 29.1 Å². The van der Waals surface area contributed by atoms with Crippen molar-refractivity contribution in [1.29, 1.82) is 0 Å². The fourth-order valence-corrected chi connectivity index (χ4v) is 3.64. The maximum absolute atomic E-state index is 12.4. The van der Waals surface area contributed by atoms with Gasteiger partial charge in [-0.15, -0.1) is 0 Å². The average Bonchev–Trinajstić information content (AvgIpc) is 3.28. The van der Waals surface area contributed by atoms with Crippen LogP contribution in [0.2, 0.25) is 0 Å². The lowest BCUT2D eigenvalue weighted by molar-refractivity contribution is -0.128. The Kier molecular flexibility index (Phi) is 4.06. The quantitative estimate of drug-likeness (QED) is 0.367. The molecule has 7 nitrogen and oxygen atoms in total. The Bertz CT molecular complexity index is 941. The summed E-state index contributed by atoms with van der Waals surface area (Å²) in [6.45, 7) is 9.27. The van der Waals surface area contributed by atoms with Crippen molar-refractivity contribution in [2.24, 2.45) is 4.99 Å². The van der Waals surface area contributed by atoms with Crippen LogP contribution in [0.4, 0.5) is 4.79 Å². The predicted octanol–water partition coefficient (Wildman–Crippen LogP) is 3.27. The number of rotatable bonds is 5. The first kappa shape index (κ1) is 18.3. The number of hydrogen-bond acceptors (Lipinski definition) is 5. The molecule has 0 unspecified atom stereocenters. The molecule has 0 atom stereocenters. The van der Waals surface area contributed by atoms with Gasteiger partial charge in [0.05, 0.1) is 6.61 Å². The zero-order chi connectivity index (χ0) is 20.1. The van der Waals surface area contributed by atoms with Crippen molar-refractivity contribution in [3.05, 3.63) is 47.5 Å². The fraction of sp³-hybridized carbons (Fsp3) is 0.381. The standard InChI is InChI=1S/C21H23N3O4/c1-13(24-18(25)20(2,3)23-19(24)26)8-9-16(22-4)28-15-7-5-6-14-17(15)21(10-11-21)12-27-14/h5-9H,4,10-12H2,1-3H3,(H,23,26)/b13-8+,16-9+. The van der Waals surface area contributed by atoms with E-state index in [0.29, 0.717) is 18.1 Å². The summed E-state index contributed by atoms with van der Waals surface area (Å²) in [7, 11) is 0. The maximum Gasteiger partial charge on any atom is 0.329 e. The highest BCUT2D eigenvalue weighted by Crippen LogP contribution is 2.58. The SMILES string of the molecule is C=N/C(=C\C=C(/C)N1C(=O)NC(C)(C)C1=O)Oc1cccc2c1C1(CC1)CO2. The molecule has 2 fully saturated rings. The van der Waals surface area contributed by atoms with Crippen LogP contribution in [0, 0.1) is 0 Å². The van der Waals surface area contributed by atoms with Crippen molar-refractivity contribution in [2.75, 3.05) is 6.61 Å². The van der Waals surface area contributed by atoms with Gasteiger partial charge in [0.2, 0.25) is 5.88 Å². The van der Waals surface area contributed by atoms with Crippen LogP contribution in [-0.2, 0) is 10.2 Å². The van der Waals surface area contributed by atoms with Gasteiger partial charge in [0.15, 0.2) is 0 Å². The molecule has 7 heteroatoms. The van der Waals surface area contributed by atoms with E-state index in [-0.39, 0.29) is 17.2 Å². The van der Waals surface area contributed by atoms with Gasteiger partial charge in [0.25, 0.3) is 5.91 Å². The molecule has 0 bridgehead atoms. The Balaban J connectivity index is 1.58. The minimum Gasteiger partial charge on any atom is -0.492 e. The Morgan fingerprint density at radius 2 is 2.07 bits per heavy atom. The van der Waals surface area contributed by atoms with Crippen molar-refractivity contribution in [2.45, 2.75) is 44.6 Å². The minimum absolute atomic E-state index is 0.0651. The first-order chi connectivity index (χ1) is 13.3. The van der Waals surface area contributed by atoms with E-state index in [1.54, 1.807) is 32.9 Å². The number of nitrogens with one attached hydrogen (secondary N) is 1. The summed E-state index contributed by atoms with van der Waals surface area (Å²) in [5, 5.41) is 2.65. The zero-order valence-corrected chi connectivity index (χ0v) is 16.2. The minimum atomic E-state index is -0.922. The smallest absolute Gasteiger partial charge is 0.329 e. The molecule has 0 aromatic heterocycles. The van der Waals surface area contributed by atoms with Crippen molar-refractivity contribution >= 4 is 18.7 Å². The number of amides is 3. The van der Waals surface area contributed by atoms with Crippen LogP contribution in [0.1, 0.15) is 39.2 Å². The molecule has 1 aliphatic carbocycles. The number of ether oxygens (including phenoxy) is 2. The highest BCUT2D eigenvalue weighted by Gasteiger charge is 2.52. The number of nitrogens with zero attached hydrogens (tertiary/aromatic N) is 2. The third kappa shape index (κ3) is 2.87. The van der Waals surface area contributed by atoms with E-state index in [1.165, 1.54) is 0 Å². The van der Waals surface area contributed by atoms with Crippen LogP contribution in [-0.4, -0.2) is 35.7 Å². The zero-order valence-electron chi connectivity index (χ0n) is 16.2. The third-order valence-corrected chi connectivity index (χ3v) is 5.43. The van der Waals surface area contributed by atoms with Crippen molar-refractivity contribution in [3.63, 3.8) is 0 Å². The average molecular weight is 381 g/mol. The van der Waals surface area contributed by atoms with Crippen LogP contribution in [0.15, 0.2) is 46.9 Å². The van der Waals surface area contributed by atoms with Gasteiger partial charge in [-0.25, -0.2) is 14.7 Å². The lowest BCUT2D eigenvalue weighted by atomic mass is 9.97. The molecule has 0 radical (unpaired) electrons. The number of hydrogen-bond donors (Lipinski definition) is 1. The second-order valence-corrected chi connectivity index (χ2v) is 7.97. The number of benzene rings is 1. The number of aliphatic imine (C=N–C) groups is 1. The van der Waals surface area contributed by atoms with E-state index in [1.807, 2.05) is 18.2 Å². The first-order valence-corrected chi connectivity index (χ1v) is 9.24. The van der Waals surface area contributed by atoms with Crippen LogP contribution in [0.3, 0.4) is 0 Å². The van der Waals surface area contributed by atoms with Gasteiger partial charge < -0.3 is 14.8 Å². The summed E-state index contributed by atoms with van der Waals surface area (Å²) in [6, 6.07) is 5.28. The van der Waals surface area contributed by atoms with Gasteiger partial charge in [0.1, 0.15) is 17.0 Å². The van der Waals surface area contributed by atoms with Crippen LogP contribution in [0.5, 0.6) is 11.5 Å². The molecule has 1 spiro atoms.